The highest BCUT2D eigenvalue weighted by atomic mass is 32.1. The summed E-state index contributed by atoms with van der Waals surface area (Å²) in [5.74, 6) is -0.653. The average molecular weight is 260 g/mol. The molecule has 0 amide bonds. The van der Waals surface area contributed by atoms with Crippen molar-refractivity contribution in [1.29, 1.82) is 0 Å². The molecule has 0 radical (unpaired) electrons. The number of hydrogen-bond donors (Lipinski definition) is 1. The van der Waals surface area contributed by atoms with Gasteiger partial charge in [-0.25, -0.2) is 4.79 Å². The van der Waals surface area contributed by atoms with Crippen molar-refractivity contribution in [2.75, 3.05) is 0 Å². The number of nitrogens with zero attached hydrogens (tertiary/aromatic N) is 2. The van der Waals surface area contributed by atoms with Crippen molar-refractivity contribution in [1.82, 2.24) is 9.53 Å². The van der Waals surface area contributed by atoms with Gasteiger partial charge in [0.2, 0.25) is 0 Å². The van der Waals surface area contributed by atoms with Crippen LogP contribution in [0.2, 0.25) is 0 Å². The van der Waals surface area contributed by atoms with E-state index in [0.29, 0.717) is 5.76 Å². The molecule has 5 nitrogen and oxygen atoms in total. The summed E-state index contributed by atoms with van der Waals surface area (Å²) >= 11 is 1.41. The van der Waals surface area contributed by atoms with Crippen LogP contribution < -0.4 is 0 Å². The summed E-state index contributed by atoms with van der Waals surface area (Å²) in [6.45, 7) is 1.95. The molecule has 0 aliphatic carbocycles. The first-order chi connectivity index (χ1) is 8.65. The largest absolute Gasteiger partial charge is 0.476 e. The number of carboxylic acids is 1. The third-order valence-electron chi connectivity index (χ3n) is 2.67. The maximum atomic E-state index is 10.7. The zero-order valence-electron chi connectivity index (χ0n) is 9.38. The molecule has 0 fully saturated rings. The summed E-state index contributed by atoms with van der Waals surface area (Å²) in [4.78, 5) is 10.7. The van der Waals surface area contributed by atoms with Gasteiger partial charge < -0.3 is 9.63 Å². The number of aromatic nitrogens is 2. The molecule has 0 atom stereocenters. The quantitative estimate of drug-likeness (QED) is 0.766. The second-order valence-electron chi connectivity index (χ2n) is 3.86. The number of benzene rings is 1. The minimum absolute atomic E-state index is 0.0921. The molecular formula is C12H8N2O3S. The van der Waals surface area contributed by atoms with Crippen LogP contribution in [0, 0.1) is 6.92 Å². The van der Waals surface area contributed by atoms with Crippen LogP contribution in [0.1, 0.15) is 16.2 Å². The predicted octanol–water partition coefficient (Wildman–Crippen LogP) is 2.96. The van der Waals surface area contributed by atoms with Gasteiger partial charge in [0.05, 0.1) is 10.4 Å². The molecule has 2 heterocycles. The van der Waals surface area contributed by atoms with Crippen LogP contribution in [0.5, 0.6) is 0 Å². The number of carboxylic acid groups (broad SMARTS) is 1. The van der Waals surface area contributed by atoms with E-state index in [4.69, 9.17) is 9.63 Å². The van der Waals surface area contributed by atoms with Gasteiger partial charge in [0.25, 0.3) is 0 Å². The first-order valence-corrected chi connectivity index (χ1v) is 5.99. The van der Waals surface area contributed by atoms with Crippen LogP contribution in [0.25, 0.3) is 21.4 Å². The van der Waals surface area contributed by atoms with Crippen LogP contribution in [-0.2, 0) is 0 Å². The lowest BCUT2D eigenvalue weighted by atomic mass is 10.1. The predicted molar refractivity (Wildman–Crippen MR) is 66.8 cm³/mol. The fraction of sp³-hybridized carbons (Fsp3) is 0.0833. The van der Waals surface area contributed by atoms with E-state index in [1.807, 2.05) is 25.1 Å². The molecule has 1 N–H and O–H groups in total. The normalized spacial score (nSPS) is 10.9. The number of aryl methyl sites for hydroxylation is 1. The summed E-state index contributed by atoms with van der Waals surface area (Å²) in [7, 11) is 0. The number of carbonyl (C=O) groups is 1. The third-order valence-corrected chi connectivity index (χ3v) is 3.57. The van der Waals surface area contributed by atoms with E-state index < -0.39 is 5.97 Å². The Balaban J connectivity index is 2.10. The molecule has 3 aromatic rings. The molecule has 0 spiro atoms. The van der Waals surface area contributed by atoms with E-state index in [9.17, 15) is 4.79 Å². The second-order valence-corrected chi connectivity index (χ2v) is 4.67. The highest BCUT2D eigenvalue weighted by molar-refractivity contribution is 7.13. The number of rotatable bonds is 2. The van der Waals surface area contributed by atoms with Gasteiger partial charge in [0, 0.05) is 17.0 Å². The lowest BCUT2D eigenvalue weighted by Gasteiger charge is -1.95. The van der Waals surface area contributed by atoms with Crippen molar-refractivity contribution >= 4 is 27.6 Å². The van der Waals surface area contributed by atoms with Crippen molar-refractivity contribution in [2.24, 2.45) is 0 Å². The van der Waals surface area contributed by atoms with Crippen LogP contribution in [-0.4, -0.2) is 20.6 Å². The lowest BCUT2D eigenvalue weighted by molar-refractivity contribution is 0.0686. The number of fused-ring (bicyclic) bond motifs is 1. The molecule has 0 saturated carbocycles. The molecule has 2 aromatic heterocycles. The van der Waals surface area contributed by atoms with E-state index >= 15 is 0 Å². The van der Waals surface area contributed by atoms with Crippen molar-refractivity contribution in [3.05, 3.63) is 35.7 Å². The van der Waals surface area contributed by atoms with E-state index in [0.717, 1.165) is 21.3 Å². The standard InChI is InChI=1S/C12H8N2O3S/c1-6-8-3-2-7(4-11(8)18-14-6)10-5-9(12(15)16)13-17-10/h2-5H,1H3,(H,15,16). The van der Waals surface area contributed by atoms with E-state index in [2.05, 4.69) is 9.53 Å². The van der Waals surface area contributed by atoms with Gasteiger partial charge in [-0.15, -0.1) is 0 Å². The molecular weight excluding hydrogens is 252 g/mol. The molecule has 6 heteroatoms. The van der Waals surface area contributed by atoms with E-state index in [-0.39, 0.29) is 5.69 Å². The van der Waals surface area contributed by atoms with Gasteiger partial charge in [-0.1, -0.05) is 17.3 Å². The molecule has 90 valence electrons. The van der Waals surface area contributed by atoms with Gasteiger partial charge in [-0.3, -0.25) is 0 Å². The van der Waals surface area contributed by atoms with Crippen LogP contribution in [0.15, 0.2) is 28.8 Å². The molecule has 18 heavy (non-hydrogen) atoms. The van der Waals surface area contributed by atoms with Gasteiger partial charge in [0.15, 0.2) is 11.5 Å². The Morgan fingerprint density at radius 1 is 1.39 bits per heavy atom. The Kier molecular flexibility index (Phi) is 2.38. The highest BCUT2D eigenvalue weighted by Gasteiger charge is 2.13. The van der Waals surface area contributed by atoms with Crippen LogP contribution in [0.4, 0.5) is 0 Å². The summed E-state index contributed by atoms with van der Waals surface area (Å²) < 4.78 is 10.3. The van der Waals surface area contributed by atoms with Gasteiger partial charge in [-0.05, 0) is 24.5 Å². The van der Waals surface area contributed by atoms with Crippen molar-refractivity contribution in [2.45, 2.75) is 6.92 Å². The Hall–Kier alpha value is -2.21. The maximum Gasteiger partial charge on any atom is 0.358 e. The average Bonchev–Trinajstić information content (AvgIpc) is 2.96. The molecule has 0 bridgehead atoms. The van der Waals surface area contributed by atoms with E-state index in [1.165, 1.54) is 17.6 Å². The minimum atomic E-state index is -1.10. The van der Waals surface area contributed by atoms with Gasteiger partial charge in [0.1, 0.15) is 0 Å². The molecule has 0 aliphatic heterocycles. The first kappa shape index (κ1) is 10.9. The lowest BCUT2D eigenvalue weighted by Crippen LogP contribution is -1.94. The van der Waals surface area contributed by atoms with Crippen LogP contribution >= 0.6 is 11.5 Å². The van der Waals surface area contributed by atoms with Gasteiger partial charge >= 0.3 is 5.97 Å². The first-order valence-electron chi connectivity index (χ1n) is 5.21. The SMILES string of the molecule is Cc1nsc2cc(-c3cc(C(=O)O)no3)ccc12. The Morgan fingerprint density at radius 3 is 2.94 bits per heavy atom. The number of aromatic carboxylic acids is 1. The van der Waals surface area contributed by atoms with Crippen molar-refractivity contribution < 1.29 is 14.4 Å². The molecule has 0 saturated heterocycles. The van der Waals surface area contributed by atoms with Crippen molar-refractivity contribution in [3.63, 3.8) is 0 Å². The maximum absolute atomic E-state index is 10.7. The summed E-state index contributed by atoms with van der Waals surface area (Å²) in [6.07, 6.45) is 0. The molecule has 0 aliphatic rings. The molecule has 3 rings (SSSR count). The van der Waals surface area contributed by atoms with Crippen molar-refractivity contribution in [3.8, 4) is 11.3 Å². The Labute approximate surface area is 106 Å². The highest BCUT2D eigenvalue weighted by Crippen LogP contribution is 2.28. The zero-order valence-corrected chi connectivity index (χ0v) is 10.2. The smallest absolute Gasteiger partial charge is 0.358 e. The number of hydrogen-bond acceptors (Lipinski definition) is 5. The minimum Gasteiger partial charge on any atom is -0.476 e. The third kappa shape index (κ3) is 1.67. The Bertz CT molecular complexity index is 745. The van der Waals surface area contributed by atoms with Crippen LogP contribution in [0.3, 0.4) is 0 Å². The fourth-order valence-electron chi connectivity index (χ4n) is 1.73. The fourth-order valence-corrected chi connectivity index (χ4v) is 2.56. The second kappa shape index (κ2) is 3.92. The summed E-state index contributed by atoms with van der Waals surface area (Å²) in [5.41, 5.74) is 1.70. The monoisotopic (exact) mass is 260 g/mol. The molecule has 0 unspecified atom stereocenters. The summed E-state index contributed by atoms with van der Waals surface area (Å²) in [6, 6.07) is 7.16. The van der Waals surface area contributed by atoms with Gasteiger partial charge in [-0.2, -0.15) is 4.37 Å². The Morgan fingerprint density at radius 2 is 2.22 bits per heavy atom. The van der Waals surface area contributed by atoms with E-state index in [1.54, 1.807) is 0 Å². The summed E-state index contributed by atoms with van der Waals surface area (Å²) in [5, 5.41) is 13.4. The zero-order chi connectivity index (χ0) is 12.7. The topological polar surface area (TPSA) is 76.2 Å². The molecule has 1 aromatic carbocycles.